The van der Waals surface area contributed by atoms with Crippen LogP contribution in [0.5, 0.6) is 0 Å². The van der Waals surface area contributed by atoms with Crippen LogP contribution in [0, 0.1) is 12.7 Å². The Hall–Kier alpha value is -0.890. The average Bonchev–Trinajstić information content (AvgIpc) is 1.94. The molecule has 0 unspecified atom stereocenters. The van der Waals surface area contributed by atoms with Crippen molar-refractivity contribution in [3.05, 3.63) is 41.5 Å². The molecule has 0 aliphatic rings. The van der Waals surface area contributed by atoms with E-state index >= 15 is 0 Å². The predicted molar refractivity (Wildman–Crippen MR) is 41.1 cm³/mol. The van der Waals surface area contributed by atoms with E-state index in [2.05, 4.69) is 6.92 Å². The van der Waals surface area contributed by atoms with E-state index in [0.717, 1.165) is 6.07 Å². The number of hydrogen-bond acceptors (Lipinski definition) is 1. The van der Waals surface area contributed by atoms with Crippen LogP contribution in [-0.4, -0.2) is 5.78 Å². The van der Waals surface area contributed by atoms with E-state index in [-0.39, 0.29) is 10.6 Å². The van der Waals surface area contributed by atoms with Gasteiger partial charge in [0.15, 0.2) is 5.78 Å². The van der Waals surface area contributed by atoms with Crippen molar-refractivity contribution in [2.75, 3.05) is 0 Å². The molecule has 0 aromatic heterocycles. The Balaban J connectivity index is 3.15. The molecule has 0 aliphatic heterocycles. The number of halogens is 2. The summed E-state index contributed by atoms with van der Waals surface area (Å²) in [6.45, 7) is 3.13. The first kappa shape index (κ1) is 8.21. The summed E-state index contributed by atoms with van der Waals surface area (Å²) < 4.78 is 12.6. The van der Waals surface area contributed by atoms with Crippen molar-refractivity contribution in [1.29, 1.82) is 0 Å². The number of Topliss-reactive ketones (excluding diaryl/α,β-unsaturated/α-hetero) is 1. The number of carbonyl (C=O) groups excluding carboxylic acids is 1. The fraction of sp³-hybridized carbons (Fsp3) is 0. The fourth-order valence-corrected chi connectivity index (χ4v) is 0.787. The van der Waals surface area contributed by atoms with Crippen LogP contribution in [0.15, 0.2) is 18.2 Å². The van der Waals surface area contributed by atoms with Gasteiger partial charge in [0.25, 0.3) is 0 Å². The predicted octanol–water partition coefficient (Wildman–Crippen LogP) is 2.50. The van der Waals surface area contributed by atoms with Crippen molar-refractivity contribution < 1.29 is 9.18 Å². The van der Waals surface area contributed by atoms with Gasteiger partial charge in [0.05, 0.1) is 5.02 Å². The lowest BCUT2D eigenvalue weighted by Gasteiger charge is -1.95. The van der Waals surface area contributed by atoms with Gasteiger partial charge < -0.3 is 0 Å². The Morgan fingerprint density at radius 2 is 2.18 bits per heavy atom. The number of ketones is 1. The van der Waals surface area contributed by atoms with Crippen molar-refractivity contribution >= 4 is 17.4 Å². The van der Waals surface area contributed by atoms with E-state index in [0.29, 0.717) is 0 Å². The van der Waals surface area contributed by atoms with Crippen LogP contribution in [0.3, 0.4) is 0 Å². The van der Waals surface area contributed by atoms with Crippen molar-refractivity contribution in [3.63, 3.8) is 0 Å². The fourth-order valence-electron chi connectivity index (χ4n) is 0.670. The van der Waals surface area contributed by atoms with Gasteiger partial charge >= 0.3 is 0 Å². The topological polar surface area (TPSA) is 17.1 Å². The first-order valence-corrected chi connectivity index (χ1v) is 3.30. The second-order valence-corrected chi connectivity index (χ2v) is 2.46. The molecule has 57 valence electrons. The minimum atomic E-state index is -0.596. The minimum Gasteiger partial charge on any atom is -0.294 e. The number of benzene rings is 1. The van der Waals surface area contributed by atoms with Gasteiger partial charge in [-0.15, -0.1) is 0 Å². The van der Waals surface area contributed by atoms with Crippen LogP contribution in [0.2, 0.25) is 5.02 Å². The monoisotopic (exact) mass is 171 g/mol. The number of hydrogen-bond donors (Lipinski definition) is 0. The van der Waals surface area contributed by atoms with Crippen molar-refractivity contribution in [2.24, 2.45) is 0 Å². The van der Waals surface area contributed by atoms with Crippen LogP contribution in [0.25, 0.3) is 0 Å². The Labute approximate surface area is 68.8 Å². The normalized spacial score (nSPS) is 9.73. The molecule has 0 N–H and O–H groups in total. The second kappa shape index (κ2) is 3.01. The molecule has 1 radical (unpaired) electrons. The van der Waals surface area contributed by atoms with Gasteiger partial charge in [-0.25, -0.2) is 4.39 Å². The van der Waals surface area contributed by atoms with Gasteiger partial charge in [-0.05, 0) is 18.2 Å². The highest BCUT2D eigenvalue weighted by molar-refractivity contribution is 6.30. The summed E-state index contributed by atoms with van der Waals surface area (Å²) in [5.74, 6) is -1.01. The first-order valence-electron chi connectivity index (χ1n) is 2.92. The molecular weight excluding hydrogens is 167 g/mol. The first-order chi connectivity index (χ1) is 5.11. The molecule has 0 fully saturated rings. The summed E-state index contributed by atoms with van der Waals surface area (Å²) in [6.07, 6.45) is 0. The molecule has 0 heterocycles. The zero-order valence-corrected chi connectivity index (χ0v) is 6.36. The van der Waals surface area contributed by atoms with E-state index in [9.17, 15) is 9.18 Å². The maximum absolute atomic E-state index is 12.6. The molecule has 0 saturated heterocycles. The molecule has 0 atom stereocenters. The van der Waals surface area contributed by atoms with Crippen LogP contribution in [-0.2, 0) is 0 Å². The Bertz CT molecular complexity index is 296. The molecule has 1 aromatic carbocycles. The van der Waals surface area contributed by atoms with Gasteiger partial charge in [0, 0.05) is 12.5 Å². The van der Waals surface area contributed by atoms with E-state index in [1.165, 1.54) is 12.1 Å². The maximum Gasteiger partial charge on any atom is 0.163 e. The molecule has 0 aliphatic carbocycles. The van der Waals surface area contributed by atoms with Crippen molar-refractivity contribution in [3.8, 4) is 0 Å². The van der Waals surface area contributed by atoms with Crippen molar-refractivity contribution in [2.45, 2.75) is 0 Å². The van der Waals surface area contributed by atoms with E-state index < -0.39 is 11.6 Å². The Kier molecular flexibility index (Phi) is 2.25. The summed E-state index contributed by atoms with van der Waals surface area (Å²) in [6, 6.07) is 3.83. The number of rotatable bonds is 1. The molecule has 0 bridgehead atoms. The third-order valence-corrected chi connectivity index (χ3v) is 1.55. The Morgan fingerprint density at radius 1 is 1.55 bits per heavy atom. The standard InChI is InChI=1S/C8H5ClFO/c1-5(11)6-2-3-7(9)8(10)4-6/h2-4H,1H2. The van der Waals surface area contributed by atoms with Crippen LogP contribution in [0.4, 0.5) is 4.39 Å². The molecule has 1 nitrogen and oxygen atoms in total. The average molecular weight is 172 g/mol. The molecule has 1 aromatic rings. The zero-order chi connectivity index (χ0) is 8.43. The largest absolute Gasteiger partial charge is 0.294 e. The van der Waals surface area contributed by atoms with Crippen molar-refractivity contribution in [1.82, 2.24) is 0 Å². The van der Waals surface area contributed by atoms with E-state index in [1.54, 1.807) is 0 Å². The van der Waals surface area contributed by atoms with Crippen LogP contribution in [0.1, 0.15) is 10.4 Å². The molecular formula is C8H5ClFO. The van der Waals surface area contributed by atoms with Gasteiger partial charge in [0.1, 0.15) is 5.82 Å². The molecule has 1 rings (SSSR count). The second-order valence-electron chi connectivity index (χ2n) is 2.05. The van der Waals surface area contributed by atoms with Crippen LogP contribution >= 0.6 is 11.6 Å². The summed E-state index contributed by atoms with van der Waals surface area (Å²) in [5.41, 5.74) is 0.229. The highest BCUT2D eigenvalue weighted by Crippen LogP contribution is 2.15. The van der Waals surface area contributed by atoms with Gasteiger partial charge in [-0.3, -0.25) is 4.79 Å². The maximum atomic E-state index is 12.6. The Morgan fingerprint density at radius 3 is 2.64 bits per heavy atom. The lowest BCUT2D eigenvalue weighted by atomic mass is 10.1. The quantitative estimate of drug-likeness (QED) is 0.594. The smallest absolute Gasteiger partial charge is 0.163 e. The van der Waals surface area contributed by atoms with Gasteiger partial charge in [0.2, 0.25) is 0 Å². The molecule has 0 saturated carbocycles. The van der Waals surface area contributed by atoms with Crippen LogP contribution < -0.4 is 0 Å². The SMILES string of the molecule is [CH2]C(=O)c1ccc(Cl)c(F)c1. The van der Waals surface area contributed by atoms with Gasteiger partial charge in [-0.1, -0.05) is 11.6 Å². The lowest BCUT2D eigenvalue weighted by Crippen LogP contribution is -1.92. The summed E-state index contributed by atoms with van der Waals surface area (Å²) in [4.78, 5) is 10.6. The third kappa shape index (κ3) is 1.77. The zero-order valence-electron chi connectivity index (χ0n) is 5.60. The number of carbonyl (C=O) groups is 1. The summed E-state index contributed by atoms with van der Waals surface area (Å²) in [5, 5.41) is 0.00926. The highest BCUT2D eigenvalue weighted by Gasteiger charge is 2.03. The van der Waals surface area contributed by atoms with E-state index in [1.807, 2.05) is 0 Å². The summed E-state index contributed by atoms with van der Waals surface area (Å²) >= 11 is 5.38. The highest BCUT2D eigenvalue weighted by atomic mass is 35.5. The van der Waals surface area contributed by atoms with Gasteiger partial charge in [-0.2, -0.15) is 0 Å². The van der Waals surface area contributed by atoms with E-state index in [4.69, 9.17) is 11.6 Å². The molecule has 3 heteroatoms. The molecule has 11 heavy (non-hydrogen) atoms. The minimum absolute atomic E-state index is 0.00926. The lowest BCUT2D eigenvalue weighted by molar-refractivity contribution is 0.104. The molecule has 0 amide bonds. The summed E-state index contributed by atoms with van der Waals surface area (Å²) in [7, 11) is 0. The third-order valence-electron chi connectivity index (χ3n) is 1.24. The molecule has 0 spiro atoms.